The number of hydrogen-bond donors (Lipinski definition) is 0. The van der Waals surface area contributed by atoms with Crippen LogP contribution < -0.4 is 4.74 Å². The second-order valence-electron chi connectivity index (χ2n) is 6.79. The number of hydrogen-bond acceptors (Lipinski definition) is 4. The Bertz CT molecular complexity index is 1150. The number of rotatable bonds is 6. The number of benzene rings is 3. The molecule has 0 unspecified atom stereocenters. The quantitative estimate of drug-likeness (QED) is 0.286. The highest BCUT2D eigenvalue weighted by atomic mass is 32.2. The number of carbonyl (C=O) groups is 1. The van der Waals surface area contributed by atoms with Crippen LogP contribution in [0.3, 0.4) is 0 Å². The van der Waals surface area contributed by atoms with Gasteiger partial charge in [-0.1, -0.05) is 78.5 Å². The van der Waals surface area contributed by atoms with Crippen LogP contribution in [0.2, 0.25) is 0 Å². The van der Waals surface area contributed by atoms with Crippen molar-refractivity contribution >= 4 is 28.4 Å². The van der Waals surface area contributed by atoms with Crippen LogP contribution in [0.15, 0.2) is 83.9 Å². The summed E-state index contributed by atoms with van der Waals surface area (Å²) in [6.07, 6.45) is 0. The van der Waals surface area contributed by atoms with E-state index in [-0.39, 0.29) is 5.78 Å². The van der Waals surface area contributed by atoms with Gasteiger partial charge in [0.05, 0.1) is 17.9 Å². The standard InChI is InChI=1S/C25H21NO2S/c1-17-15-24(26-25-21(17)9-6-10-23(25)28-2)29-16-22(27)20-13-11-19(12-14-20)18-7-4-3-5-8-18/h3-15H,16H2,1-2H3. The summed E-state index contributed by atoms with van der Waals surface area (Å²) in [5.41, 5.74) is 4.92. The van der Waals surface area contributed by atoms with Gasteiger partial charge in [0.1, 0.15) is 11.3 Å². The van der Waals surface area contributed by atoms with Crippen molar-refractivity contribution < 1.29 is 9.53 Å². The van der Waals surface area contributed by atoms with E-state index in [4.69, 9.17) is 9.72 Å². The zero-order valence-electron chi connectivity index (χ0n) is 16.4. The summed E-state index contributed by atoms with van der Waals surface area (Å²) >= 11 is 1.46. The van der Waals surface area contributed by atoms with Crippen molar-refractivity contribution in [3.8, 4) is 16.9 Å². The molecule has 0 fully saturated rings. The summed E-state index contributed by atoms with van der Waals surface area (Å²) in [6, 6.07) is 25.9. The summed E-state index contributed by atoms with van der Waals surface area (Å²) in [6.45, 7) is 2.05. The van der Waals surface area contributed by atoms with Crippen molar-refractivity contribution in [2.45, 2.75) is 11.9 Å². The van der Waals surface area contributed by atoms with E-state index < -0.39 is 0 Å². The second-order valence-corrected chi connectivity index (χ2v) is 7.78. The number of para-hydroxylation sites is 1. The molecule has 0 atom stereocenters. The van der Waals surface area contributed by atoms with E-state index in [0.29, 0.717) is 11.3 Å². The number of methoxy groups -OCH3 is 1. The minimum absolute atomic E-state index is 0.0918. The third-order valence-electron chi connectivity index (χ3n) is 4.87. The second kappa shape index (κ2) is 8.50. The molecule has 0 spiro atoms. The number of fused-ring (bicyclic) bond motifs is 1. The topological polar surface area (TPSA) is 39.2 Å². The van der Waals surface area contributed by atoms with Gasteiger partial charge in [0, 0.05) is 10.9 Å². The van der Waals surface area contributed by atoms with Gasteiger partial charge in [-0.15, -0.1) is 0 Å². The summed E-state index contributed by atoms with van der Waals surface area (Å²) in [4.78, 5) is 17.4. The minimum Gasteiger partial charge on any atom is -0.494 e. The Morgan fingerprint density at radius 1 is 0.931 bits per heavy atom. The van der Waals surface area contributed by atoms with Crippen molar-refractivity contribution in [1.82, 2.24) is 4.98 Å². The van der Waals surface area contributed by atoms with Crippen LogP contribution >= 0.6 is 11.8 Å². The van der Waals surface area contributed by atoms with E-state index in [1.807, 2.05) is 66.7 Å². The molecular formula is C25H21NO2S. The Morgan fingerprint density at radius 3 is 2.38 bits per heavy atom. The Morgan fingerprint density at radius 2 is 1.66 bits per heavy atom. The maximum absolute atomic E-state index is 12.7. The highest BCUT2D eigenvalue weighted by molar-refractivity contribution is 7.99. The molecule has 0 saturated heterocycles. The molecule has 0 radical (unpaired) electrons. The van der Waals surface area contributed by atoms with Gasteiger partial charge in [0.25, 0.3) is 0 Å². The van der Waals surface area contributed by atoms with E-state index in [9.17, 15) is 4.79 Å². The van der Waals surface area contributed by atoms with Crippen LogP contribution in [-0.2, 0) is 0 Å². The molecule has 3 aromatic carbocycles. The maximum atomic E-state index is 12.7. The minimum atomic E-state index is 0.0918. The largest absolute Gasteiger partial charge is 0.494 e. The van der Waals surface area contributed by atoms with Gasteiger partial charge >= 0.3 is 0 Å². The van der Waals surface area contributed by atoms with E-state index in [1.54, 1.807) is 7.11 Å². The molecular weight excluding hydrogens is 378 g/mol. The fraction of sp³-hybridized carbons (Fsp3) is 0.120. The highest BCUT2D eigenvalue weighted by Gasteiger charge is 2.11. The number of ketones is 1. The van der Waals surface area contributed by atoms with Crippen LogP contribution in [0.25, 0.3) is 22.0 Å². The number of ether oxygens (including phenoxy) is 1. The van der Waals surface area contributed by atoms with E-state index >= 15 is 0 Å². The van der Waals surface area contributed by atoms with Gasteiger partial charge in [-0.25, -0.2) is 4.98 Å². The molecule has 1 heterocycles. The first-order chi connectivity index (χ1) is 14.2. The Kier molecular flexibility index (Phi) is 5.63. The van der Waals surface area contributed by atoms with E-state index in [2.05, 4.69) is 19.1 Å². The van der Waals surface area contributed by atoms with Crippen molar-refractivity contribution in [2.24, 2.45) is 0 Å². The molecule has 0 aliphatic rings. The van der Waals surface area contributed by atoms with Gasteiger partial charge in [0.15, 0.2) is 5.78 Å². The first-order valence-electron chi connectivity index (χ1n) is 9.41. The fourth-order valence-corrected chi connectivity index (χ4v) is 4.16. The molecule has 4 rings (SSSR count). The Hall–Kier alpha value is -3.11. The molecule has 3 nitrogen and oxygen atoms in total. The first-order valence-corrected chi connectivity index (χ1v) is 10.4. The number of carbonyl (C=O) groups excluding carboxylic acids is 1. The van der Waals surface area contributed by atoms with Gasteiger partial charge < -0.3 is 4.74 Å². The van der Waals surface area contributed by atoms with Crippen LogP contribution in [0.1, 0.15) is 15.9 Å². The van der Waals surface area contributed by atoms with Crippen LogP contribution in [0, 0.1) is 6.92 Å². The summed E-state index contributed by atoms with van der Waals surface area (Å²) < 4.78 is 5.44. The van der Waals surface area contributed by atoms with Crippen molar-refractivity contribution in [3.05, 3.63) is 90.0 Å². The number of thioether (sulfide) groups is 1. The number of nitrogens with zero attached hydrogens (tertiary/aromatic N) is 1. The van der Waals surface area contributed by atoms with Crippen molar-refractivity contribution in [2.75, 3.05) is 12.9 Å². The molecule has 29 heavy (non-hydrogen) atoms. The molecule has 0 aliphatic heterocycles. The number of aromatic nitrogens is 1. The molecule has 0 N–H and O–H groups in total. The van der Waals surface area contributed by atoms with Crippen LogP contribution in [0.4, 0.5) is 0 Å². The number of aryl methyl sites for hydroxylation is 1. The predicted molar refractivity (Wildman–Crippen MR) is 120 cm³/mol. The SMILES string of the molecule is COc1cccc2c(C)cc(SCC(=O)c3ccc(-c4ccccc4)cc3)nc12. The third kappa shape index (κ3) is 4.17. The molecule has 1 aromatic heterocycles. The predicted octanol–water partition coefficient (Wildman–Crippen LogP) is 6.19. The van der Waals surface area contributed by atoms with Gasteiger partial charge in [-0.05, 0) is 35.7 Å². The Labute approximate surface area is 174 Å². The zero-order chi connectivity index (χ0) is 20.2. The van der Waals surface area contributed by atoms with Crippen LogP contribution in [-0.4, -0.2) is 23.6 Å². The summed E-state index contributed by atoms with van der Waals surface area (Å²) in [5.74, 6) is 1.18. The maximum Gasteiger partial charge on any atom is 0.173 e. The average Bonchev–Trinajstić information content (AvgIpc) is 2.78. The molecule has 4 aromatic rings. The van der Waals surface area contributed by atoms with Crippen LogP contribution in [0.5, 0.6) is 5.75 Å². The molecule has 4 heteroatoms. The monoisotopic (exact) mass is 399 g/mol. The molecule has 144 valence electrons. The molecule has 0 saturated carbocycles. The normalized spacial score (nSPS) is 10.8. The van der Waals surface area contributed by atoms with E-state index in [0.717, 1.165) is 38.4 Å². The number of pyridine rings is 1. The van der Waals surface area contributed by atoms with Crippen molar-refractivity contribution in [1.29, 1.82) is 0 Å². The molecule has 0 bridgehead atoms. The highest BCUT2D eigenvalue weighted by Crippen LogP contribution is 2.30. The van der Waals surface area contributed by atoms with Gasteiger partial charge in [-0.3, -0.25) is 4.79 Å². The lowest BCUT2D eigenvalue weighted by molar-refractivity contribution is 0.102. The lowest BCUT2D eigenvalue weighted by Gasteiger charge is -2.09. The van der Waals surface area contributed by atoms with Gasteiger partial charge in [0.2, 0.25) is 0 Å². The molecule has 0 amide bonds. The molecule has 0 aliphatic carbocycles. The summed E-state index contributed by atoms with van der Waals surface area (Å²) in [5, 5.41) is 1.89. The smallest absolute Gasteiger partial charge is 0.173 e. The fourth-order valence-electron chi connectivity index (χ4n) is 3.30. The third-order valence-corrected chi connectivity index (χ3v) is 5.78. The van der Waals surface area contributed by atoms with E-state index in [1.165, 1.54) is 11.8 Å². The zero-order valence-corrected chi connectivity index (χ0v) is 17.2. The van der Waals surface area contributed by atoms with Gasteiger partial charge in [-0.2, -0.15) is 0 Å². The average molecular weight is 400 g/mol. The lowest BCUT2D eigenvalue weighted by Crippen LogP contribution is -2.02. The Balaban J connectivity index is 1.50. The van der Waals surface area contributed by atoms with Crippen molar-refractivity contribution in [3.63, 3.8) is 0 Å². The first kappa shape index (κ1) is 19.2. The lowest BCUT2D eigenvalue weighted by atomic mass is 10.0. The number of Topliss-reactive ketones (excluding diaryl/α,β-unsaturated/α-hetero) is 1. The summed E-state index contributed by atoms with van der Waals surface area (Å²) in [7, 11) is 1.65.